The Morgan fingerprint density at radius 1 is 1.14 bits per heavy atom. The SMILES string of the molecule is NC(=O)c1cccc(CNCc2cccc3c2OCO3)c1. The molecule has 5 nitrogen and oxygen atoms in total. The Labute approximate surface area is 122 Å². The lowest BCUT2D eigenvalue weighted by molar-refractivity contribution is 0.1000. The number of ether oxygens (including phenoxy) is 2. The first-order valence-corrected chi connectivity index (χ1v) is 6.71. The van der Waals surface area contributed by atoms with Gasteiger partial charge >= 0.3 is 0 Å². The van der Waals surface area contributed by atoms with Crippen LogP contribution in [0.1, 0.15) is 21.5 Å². The number of rotatable bonds is 5. The Morgan fingerprint density at radius 3 is 2.86 bits per heavy atom. The molecule has 0 saturated heterocycles. The molecule has 0 aliphatic carbocycles. The minimum atomic E-state index is -0.414. The molecule has 5 heteroatoms. The van der Waals surface area contributed by atoms with Crippen molar-refractivity contribution in [2.24, 2.45) is 5.73 Å². The summed E-state index contributed by atoms with van der Waals surface area (Å²) in [5.41, 5.74) is 7.86. The minimum Gasteiger partial charge on any atom is -0.454 e. The number of hydrogen-bond donors (Lipinski definition) is 2. The van der Waals surface area contributed by atoms with Gasteiger partial charge in [-0.25, -0.2) is 0 Å². The van der Waals surface area contributed by atoms with Crippen molar-refractivity contribution in [3.63, 3.8) is 0 Å². The maximum absolute atomic E-state index is 11.1. The molecule has 1 aliphatic rings. The van der Waals surface area contributed by atoms with E-state index in [9.17, 15) is 4.79 Å². The Hall–Kier alpha value is -2.53. The standard InChI is InChI=1S/C16H16N2O3/c17-16(19)12-4-1-3-11(7-12)8-18-9-13-5-2-6-14-15(13)21-10-20-14/h1-7,18H,8-10H2,(H2,17,19). The number of carbonyl (C=O) groups excluding carboxylic acids is 1. The van der Waals surface area contributed by atoms with Crippen LogP contribution in [0.4, 0.5) is 0 Å². The van der Waals surface area contributed by atoms with Crippen LogP contribution in [0, 0.1) is 0 Å². The van der Waals surface area contributed by atoms with E-state index >= 15 is 0 Å². The number of hydrogen-bond acceptors (Lipinski definition) is 4. The molecule has 1 amide bonds. The molecule has 0 unspecified atom stereocenters. The number of para-hydroxylation sites is 1. The van der Waals surface area contributed by atoms with Gasteiger partial charge in [0.1, 0.15) is 0 Å². The van der Waals surface area contributed by atoms with Crippen LogP contribution in [0.15, 0.2) is 42.5 Å². The number of carbonyl (C=O) groups is 1. The number of primary amides is 1. The zero-order valence-electron chi connectivity index (χ0n) is 11.5. The monoisotopic (exact) mass is 284 g/mol. The van der Waals surface area contributed by atoms with E-state index in [1.807, 2.05) is 30.3 Å². The van der Waals surface area contributed by atoms with Crippen molar-refractivity contribution in [2.75, 3.05) is 6.79 Å². The van der Waals surface area contributed by atoms with Gasteiger partial charge in [0.2, 0.25) is 12.7 Å². The number of amides is 1. The van der Waals surface area contributed by atoms with Gasteiger partial charge in [0.15, 0.2) is 11.5 Å². The van der Waals surface area contributed by atoms with Gasteiger partial charge in [0.25, 0.3) is 0 Å². The Balaban J connectivity index is 1.63. The van der Waals surface area contributed by atoms with E-state index < -0.39 is 5.91 Å². The first-order valence-electron chi connectivity index (χ1n) is 6.71. The van der Waals surface area contributed by atoms with Crippen LogP contribution in [-0.2, 0) is 13.1 Å². The van der Waals surface area contributed by atoms with Gasteiger partial charge in [-0.05, 0) is 23.8 Å². The molecule has 1 heterocycles. The predicted octanol–water partition coefficient (Wildman–Crippen LogP) is 1.80. The van der Waals surface area contributed by atoms with Crippen LogP contribution >= 0.6 is 0 Å². The molecule has 0 aromatic heterocycles. The van der Waals surface area contributed by atoms with Crippen molar-refractivity contribution in [3.05, 3.63) is 59.2 Å². The highest BCUT2D eigenvalue weighted by Crippen LogP contribution is 2.35. The normalized spacial score (nSPS) is 12.4. The fourth-order valence-corrected chi connectivity index (χ4v) is 2.31. The van der Waals surface area contributed by atoms with E-state index in [0.29, 0.717) is 18.7 Å². The first kappa shape index (κ1) is 13.5. The van der Waals surface area contributed by atoms with Crippen LogP contribution < -0.4 is 20.5 Å². The Kier molecular flexibility index (Phi) is 3.75. The van der Waals surface area contributed by atoms with Crippen molar-refractivity contribution in [1.82, 2.24) is 5.32 Å². The summed E-state index contributed by atoms with van der Waals surface area (Å²) in [5, 5.41) is 3.33. The van der Waals surface area contributed by atoms with Crippen LogP contribution in [0.5, 0.6) is 11.5 Å². The van der Waals surface area contributed by atoms with E-state index in [2.05, 4.69) is 5.32 Å². The summed E-state index contributed by atoms with van der Waals surface area (Å²) < 4.78 is 10.8. The molecule has 1 aliphatic heterocycles. The molecule has 0 fully saturated rings. The largest absolute Gasteiger partial charge is 0.454 e. The molecule has 0 atom stereocenters. The van der Waals surface area contributed by atoms with Gasteiger partial charge in [0.05, 0.1) is 0 Å². The summed E-state index contributed by atoms with van der Waals surface area (Å²) in [6.45, 7) is 1.58. The summed E-state index contributed by atoms with van der Waals surface area (Å²) >= 11 is 0. The second-order valence-corrected chi connectivity index (χ2v) is 4.82. The molecule has 0 spiro atoms. The van der Waals surface area contributed by atoms with Gasteiger partial charge in [-0.1, -0.05) is 24.3 Å². The van der Waals surface area contributed by atoms with Crippen LogP contribution in [0.25, 0.3) is 0 Å². The van der Waals surface area contributed by atoms with Gasteiger partial charge < -0.3 is 20.5 Å². The third-order valence-electron chi connectivity index (χ3n) is 3.33. The average molecular weight is 284 g/mol. The van der Waals surface area contributed by atoms with E-state index in [1.54, 1.807) is 12.1 Å². The van der Waals surface area contributed by atoms with Crippen LogP contribution in [-0.4, -0.2) is 12.7 Å². The van der Waals surface area contributed by atoms with Gasteiger partial charge in [-0.15, -0.1) is 0 Å². The fraction of sp³-hybridized carbons (Fsp3) is 0.188. The van der Waals surface area contributed by atoms with E-state index in [0.717, 1.165) is 22.6 Å². The van der Waals surface area contributed by atoms with Crippen LogP contribution in [0.2, 0.25) is 0 Å². The number of nitrogens with two attached hydrogens (primary N) is 1. The molecule has 2 aromatic rings. The van der Waals surface area contributed by atoms with E-state index in [-0.39, 0.29) is 6.79 Å². The number of fused-ring (bicyclic) bond motifs is 1. The summed E-state index contributed by atoms with van der Waals surface area (Å²) in [7, 11) is 0. The quantitative estimate of drug-likeness (QED) is 0.878. The molecular weight excluding hydrogens is 268 g/mol. The molecule has 108 valence electrons. The van der Waals surface area contributed by atoms with Gasteiger partial charge in [-0.3, -0.25) is 4.79 Å². The lowest BCUT2D eigenvalue weighted by Crippen LogP contribution is -2.15. The fourth-order valence-electron chi connectivity index (χ4n) is 2.31. The van der Waals surface area contributed by atoms with Gasteiger partial charge in [0, 0.05) is 24.2 Å². The third kappa shape index (κ3) is 2.98. The zero-order chi connectivity index (χ0) is 14.7. The van der Waals surface area contributed by atoms with E-state index in [4.69, 9.17) is 15.2 Å². The first-order chi connectivity index (χ1) is 10.2. The number of benzene rings is 2. The zero-order valence-corrected chi connectivity index (χ0v) is 11.5. The Morgan fingerprint density at radius 2 is 2.00 bits per heavy atom. The molecule has 0 bridgehead atoms. The molecule has 3 N–H and O–H groups in total. The average Bonchev–Trinajstić information content (AvgIpc) is 2.97. The predicted molar refractivity (Wildman–Crippen MR) is 78.1 cm³/mol. The van der Waals surface area contributed by atoms with Crippen molar-refractivity contribution in [1.29, 1.82) is 0 Å². The summed E-state index contributed by atoms with van der Waals surface area (Å²) in [6.07, 6.45) is 0. The van der Waals surface area contributed by atoms with Gasteiger partial charge in [-0.2, -0.15) is 0 Å². The number of nitrogens with one attached hydrogen (secondary N) is 1. The highest BCUT2D eigenvalue weighted by molar-refractivity contribution is 5.92. The Bertz CT molecular complexity index is 670. The van der Waals surface area contributed by atoms with E-state index in [1.165, 1.54) is 0 Å². The molecule has 0 radical (unpaired) electrons. The highest BCUT2D eigenvalue weighted by Gasteiger charge is 2.16. The van der Waals surface area contributed by atoms with Crippen molar-refractivity contribution >= 4 is 5.91 Å². The summed E-state index contributed by atoms with van der Waals surface area (Å²) in [5.74, 6) is 1.17. The summed E-state index contributed by atoms with van der Waals surface area (Å²) in [6, 6.07) is 13.1. The smallest absolute Gasteiger partial charge is 0.248 e. The second-order valence-electron chi connectivity index (χ2n) is 4.82. The van der Waals surface area contributed by atoms with Crippen molar-refractivity contribution < 1.29 is 14.3 Å². The summed E-state index contributed by atoms with van der Waals surface area (Å²) in [4.78, 5) is 11.1. The maximum Gasteiger partial charge on any atom is 0.248 e. The second kappa shape index (κ2) is 5.85. The third-order valence-corrected chi connectivity index (χ3v) is 3.33. The maximum atomic E-state index is 11.1. The van der Waals surface area contributed by atoms with Crippen molar-refractivity contribution in [2.45, 2.75) is 13.1 Å². The minimum absolute atomic E-state index is 0.271. The van der Waals surface area contributed by atoms with Crippen molar-refractivity contribution in [3.8, 4) is 11.5 Å². The highest BCUT2D eigenvalue weighted by atomic mass is 16.7. The molecule has 2 aromatic carbocycles. The molecule has 3 rings (SSSR count). The lowest BCUT2D eigenvalue weighted by atomic mass is 10.1. The molecule has 0 saturated carbocycles. The lowest BCUT2D eigenvalue weighted by Gasteiger charge is -2.08. The van der Waals surface area contributed by atoms with Crippen LogP contribution in [0.3, 0.4) is 0 Å². The molecule has 21 heavy (non-hydrogen) atoms. The molecular formula is C16H16N2O3. The topological polar surface area (TPSA) is 73.6 Å².